The summed E-state index contributed by atoms with van der Waals surface area (Å²) in [5.74, 6) is 0.624. The van der Waals surface area contributed by atoms with Crippen LogP contribution in [0.2, 0.25) is 0 Å². The molecule has 0 radical (unpaired) electrons. The Kier molecular flexibility index (Phi) is 2.95. The molecule has 4 nitrogen and oxygen atoms in total. The van der Waals surface area contributed by atoms with Gasteiger partial charge in [-0.2, -0.15) is 5.10 Å². The van der Waals surface area contributed by atoms with Gasteiger partial charge in [0.1, 0.15) is 0 Å². The maximum atomic E-state index is 5.39. The van der Waals surface area contributed by atoms with E-state index in [-0.39, 0.29) is 0 Å². The van der Waals surface area contributed by atoms with Crippen molar-refractivity contribution in [2.75, 3.05) is 18.5 Å². The summed E-state index contributed by atoms with van der Waals surface area (Å²) >= 11 is 0. The molecule has 1 saturated heterocycles. The normalized spacial score (nSPS) is 23.0. The Morgan fingerprint density at radius 1 is 1.53 bits per heavy atom. The average Bonchev–Trinajstić information content (AvgIpc) is 2.82. The number of nitrogens with one attached hydrogen (secondary N) is 2. The van der Waals surface area contributed by atoms with E-state index in [4.69, 9.17) is 4.74 Å². The minimum atomic E-state index is 0.447. The second-order valence-electron chi connectivity index (χ2n) is 4.37. The molecular weight excluding hydrogens is 190 g/mol. The van der Waals surface area contributed by atoms with Gasteiger partial charge < -0.3 is 10.1 Å². The van der Waals surface area contributed by atoms with Gasteiger partial charge in [-0.3, -0.25) is 5.10 Å². The van der Waals surface area contributed by atoms with Gasteiger partial charge in [-0.15, -0.1) is 0 Å². The van der Waals surface area contributed by atoms with E-state index in [1.807, 2.05) is 13.8 Å². The maximum Gasteiger partial charge on any atom is 0.0825 e. The highest BCUT2D eigenvalue weighted by Crippen LogP contribution is 2.23. The van der Waals surface area contributed by atoms with E-state index in [0.717, 1.165) is 36.7 Å². The minimum absolute atomic E-state index is 0.447. The van der Waals surface area contributed by atoms with Crippen LogP contribution in [-0.4, -0.2) is 29.5 Å². The smallest absolute Gasteiger partial charge is 0.0825 e. The molecule has 0 saturated carbocycles. The van der Waals surface area contributed by atoms with Crippen molar-refractivity contribution in [1.29, 1.82) is 0 Å². The van der Waals surface area contributed by atoms with Crippen LogP contribution in [0.5, 0.6) is 0 Å². The van der Waals surface area contributed by atoms with Crippen molar-refractivity contribution in [3.05, 3.63) is 11.4 Å². The molecule has 1 aliphatic heterocycles. The highest BCUT2D eigenvalue weighted by molar-refractivity contribution is 5.52. The second-order valence-corrected chi connectivity index (χ2v) is 4.37. The fraction of sp³-hybridized carbons (Fsp3) is 0.727. The molecule has 0 spiro atoms. The van der Waals surface area contributed by atoms with Crippen molar-refractivity contribution in [2.24, 2.45) is 5.92 Å². The van der Waals surface area contributed by atoms with E-state index < -0.39 is 0 Å². The highest BCUT2D eigenvalue weighted by atomic mass is 16.5. The third kappa shape index (κ3) is 2.15. The van der Waals surface area contributed by atoms with Gasteiger partial charge in [0.25, 0.3) is 0 Å². The third-order valence-electron chi connectivity index (χ3n) is 3.17. The van der Waals surface area contributed by atoms with Gasteiger partial charge >= 0.3 is 0 Å². The fourth-order valence-electron chi connectivity index (χ4n) is 2.06. The predicted molar refractivity (Wildman–Crippen MR) is 60.1 cm³/mol. The summed E-state index contributed by atoms with van der Waals surface area (Å²) in [5, 5.41) is 10.7. The lowest BCUT2D eigenvalue weighted by Gasteiger charge is -2.20. The second kappa shape index (κ2) is 4.23. The first kappa shape index (κ1) is 10.5. The average molecular weight is 209 g/mol. The SMILES string of the molecule is Cc1n[nH]c(C)c1NC(C)C1CCOC1. The Hall–Kier alpha value is -1.03. The molecular formula is C11H19N3O. The molecule has 0 aliphatic carbocycles. The monoisotopic (exact) mass is 209 g/mol. The van der Waals surface area contributed by atoms with Gasteiger partial charge in [0.05, 0.1) is 23.7 Å². The molecule has 2 rings (SSSR count). The molecule has 2 N–H and O–H groups in total. The zero-order valence-corrected chi connectivity index (χ0v) is 9.63. The number of H-pyrrole nitrogens is 1. The molecule has 1 aliphatic rings. The van der Waals surface area contributed by atoms with Gasteiger partial charge in [-0.05, 0) is 27.2 Å². The van der Waals surface area contributed by atoms with E-state index in [1.165, 1.54) is 0 Å². The molecule has 1 aromatic heterocycles. The van der Waals surface area contributed by atoms with Crippen LogP contribution >= 0.6 is 0 Å². The zero-order chi connectivity index (χ0) is 10.8. The number of anilines is 1. The lowest BCUT2D eigenvalue weighted by Crippen LogP contribution is -2.26. The number of aromatic amines is 1. The molecule has 84 valence electrons. The lowest BCUT2D eigenvalue weighted by atomic mass is 10.0. The van der Waals surface area contributed by atoms with Crippen molar-refractivity contribution in [3.63, 3.8) is 0 Å². The van der Waals surface area contributed by atoms with Crippen LogP contribution in [0.4, 0.5) is 5.69 Å². The number of nitrogens with zero attached hydrogens (tertiary/aromatic N) is 1. The highest BCUT2D eigenvalue weighted by Gasteiger charge is 2.23. The number of rotatable bonds is 3. The molecule has 2 atom stereocenters. The summed E-state index contributed by atoms with van der Waals surface area (Å²) in [4.78, 5) is 0. The number of aromatic nitrogens is 2. The largest absolute Gasteiger partial charge is 0.381 e. The number of hydrogen-bond acceptors (Lipinski definition) is 3. The third-order valence-corrected chi connectivity index (χ3v) is 3.17. The topological polar surface area (TPSA) is 49.9 Å². The van der Waals surface area contributed by atoms with Crippen LogP contribution in [0, 0.1) is 19.8 Å². The van der Waals surface area contributed by atoms with Crippen molar-refractivity contribution in [2.45, 2.75) is 33.2 Å². The zero-order valence-electron chi connectivity index (χ0n) is 9.63. The number of ether oxygens (including phenoxy) is 1. The van der Waals surface area contributed by atoms with E-state index >= 15 is 0 Å². The first-order valence-electron chi connectivity index (χ1n) is 5.54. The number of aryl methyl sites for hydroxylation is 2. The summed E-state index contributed by atoms with van der Waals surface area (Å²) in [5.41, 5.74) is 3.30. The quantitative estimate of drug-likeness (QED) is 0.799. The first-order valence-corrected chi connectivity index (χ1v) is 5.54. The van der Waals surface area contributed by atoms with Crippen molar-refractivity contribution in [1.82, 2.24) is 10.2 Å². The Morgan fingerprint density at radius 2 is 2.33 bits per heavy atom. The summed E-state index contributed by atoms with van der Waals surface area (Å²) in [6, 6.07) is 0.447. The Morgan fingerprint density at radius 3 is 2.87 bits per heavy atom. The van der Waals surface area contributed by atoms with Crippen LogP contribution in [0.3, 0.4) is 0 Å². The molecule has 0 amide bonds. The van der Waals surface area contributed by atoms with E-state index in [9.17, 15) is 0 Å². The Balaban J connectivity index is 2.01. The Labute approximate surface area is 90.4 Å². The van der Waals surface area contributed by atoms with Gasteiger partial charge in [-0.25, -0.2) is 0 Å². The van der Waals surface area contributed by atoms with Gasteiger partial charge in [0, 0.05) is 18.6 Å². The molecule has 4 heteroatoms. The van der Waals surface area contributed by atoms with Gasteiger partial charge in [-0.1, -0.05) is 0 Å². The molecule has 1 aromatic rings. The summed E-state index contributed by atoms with van der Waals surface area (Å²) in [7, 11) is 0. The van der Waals surface area contributed by atoms with E-state index in [1.54, 1.807) is 0 Å². The fourth-order valence-corrected chi connectivity index (χ4v) is 2.06. The van der Waals surface area contributed by atoms with E-state index in [0.29, 0.717) is 12.0 Å². The van der Waals surface area contributed by atoms with Crippen LogP contribution < -0.4 is 5.32 Å². The summed E-state index contributed by atoms with van der Waals surface area (Å²) in [6.45, 7) is 8.05. The van der Waals surface area contributed by atoms with Crippen molar-refractivity contribution >= 4 is 5.69 Å². The molecule has 0 bridgehead atoms. The summed E-state index contributed by atoms with van der Waals surface area (Å²) < 4.78 is 5.39. The Bertz CT molecular complexity index is 309. The van der Waals surface area contributed by atoms with Crippen LogP contribution in [-0.2, 0) is 4.74 Å². The maximum absolute atomic E-state index is 5.39. The standard InChI is InChI=1S/C11H19N3O/c1-7(10-4-5-15-6-10)12-11-8(2)13-14-9(11)3/h7,10,12H,4-6H2,1-3H3,(H,13,14). The molecule has 0 aromatic carbocycles. The summed E-state index contributed by atoms with van der Waals surface area (Å²) in [6.07, 6.45) is 1.16. The lowest BCUT2D eigenvalue weighted by molar-refractivity contribution is 0.183. The van der Waals surface area contributed by atoms with Crippen molar-refractivity contribution in [3.8, 4) is 0 Å². The van der Waals surface area contributed by atoms with Crippen LogP contribution in [0.1, 0.15) is 24.7 Å². The predicted octanol–water partition coefficient (Wildman–Crippen LogP) is 1.86. The van der Waals surface area contributed by atoms with Gasteiger partial charge in [0.2, 0.25) is 0 Å². The minimum Gasteiger partial charge on any atom is -0.381 e. The molecule has 2 heterocycles. The molecule has 1 fully saturated rings. The molecule has 2 unspecified atom stereocenters. The van der Waals surface area contributed by atoms with Crippen molar-refractivity contribution < 1.29 is 4.74 Å². The van der Waals surface area contributed by atoms with Crippen LogP contribution in [0.15, 0.2) is 0 Å². The number of hydrogen-bond donors (Lipinski definition) is 2. The van der Waals surface area contributed by atoms with Crippen LogP contribution in [0.25, 0.3) is 0 Å². The van der Waals surface area contributed by atoms with Gasteiger partial charge in [0.15, 0.2) is 0 Å². The molecule has 15 heavy (non-hydrogen) atoms. The first-order chi connectivity index (χ1) is 7.18. The van der Waals surface area contributed by atoms with E-state index in [2.05, 4.69) is 22.4 Å².